The average Bonchev–Trinajstić information content (AvgIpc) is 2.33. The molecule has 1 aromatic carbocycles. The van der Waals surface area contributed by atoms with Crippen LogP contribution < -0.4 is 0 Å². The Kier molecular flexibility index (Phi) is 3.76. The summed E-state index contributed by atoms with van der Waals surface area (Å²) in [4.78, 5) is 8.82. The van der Waals surface area contributed by atoms with E-state index >= 15 is 0 Å². The molecule has 0 spiro atoms. The molecule has 82 valence electrons. The fourth-order valence-electron chi connectivity index (χ4n) is 1.41. The SMILES string of the molecule is CCc1nc(-c2ccccc2)nc(Cl)c1I. The van der Waals surface area contributed by atoms with E-state index in [4.69, 9.17) is 11.6 Å². The lowest BCUT2D eigenvalue weighted by Gasteiger charge is -2.06. The van der Waals surface area contributed by atoms with Crippen LogP contribution in [0.5, 0.6) is 0 Å². The van der Waals surface area contributed by atoms with Crippen molar-refractivity contribution in [1.29, 1.82) is 0 Å². The minimum absolute atomic E-state index is 0.534. The van der Waals surface area contributed by atoms with E-state index in [1.165, 1.54) is 0 Å². The van der Waals surface area contributed by atoms with Gasteiger partial charge in [0.1, 0.15) is 5.15 Å². The molecule has 0 atom stereocenters. The molecule has 0 aliphatic rings. The molecule has 0 bridgehead atoms. The molecule has 0 amide bonds. The minimum Gasteiger partial charge on any atom is -0.232 e. The first-order valence-corrected chi connectivity index (χ1v) is 6.45. The zero-order chi connectivity index (χ0) is 11.5. The molecule has 0 fully saturated rings. The Morgan fingerprint density at radius 3 is 2.50 bits per heavy atom. The number of nitrogens with zero attached hydrogens (tertiary/aromatic N) is 2. The molecule has 0 saturated carbocycles. The van der Waals surface area contributed by atoms with E-state index in [0.29, 0.717) is 11.0 Å². The minimum atomic E-state index is 0.534. The molecule has 0 N–H and O–H groups in total. The first-order chi connectivity index (χ1) is 7.72. The third-order valence-corrected chi connectivity index (χ3v) is 3.97. The number of halogens is 2. The summed E-state index contributed by atoms with van der Waals surface area (Å²) in [5, 5.41) is 0.534. The van der Waals surface area contributed by atoms with Gasteiger partial charge in [-0.05, 0) is 29.0 Å². The Labute approximate surface area is 113 Å². The highest BCUT2D eigenvalue weighted by Gasteiger charge is 2.10. The van der Waals surface area contributed by atoms with Crippen molar-refractivity contribution in [3.05, 3.63) is 44.7 Å². The van der Waals surface area contributed by atoms with Gasteiger partial charge in [0.2, 0.25) is 0 Å². The smallest absolute Gasteiger partial charge is 0.161 e. The molecule has 1 heterocycles. The largest absolute Gasteiger partial charge is 0.232 e. The molecule has 0 aliphatic heterocycles. The van der Waals surface area contributed by atoms with Gasteiger partial charge in [-0.15, -0.1) is 0 Å². The van der Waals surface area contributed by atoms with Gasteiger partial charge in [0, 0.05) is 5.56 Å². The maximum Gasteiger partial charge on any atom is 0.161 e. The summed E-state index contributed by atoms with van der Waals surface area (Å²) < 4.78 is 0.946. The quantitative estimate of drug-likeness (QED) is 0.609. The summed E-state index contributed by atoms with van der Waals surface area (Å²) >= 11 is 8.27. The lowest BCUT2D eigenvalue weighted by atomic mass is 10.2. The highest BCUT2D eigenvalue weighted by atomic mass is 127. The van der Waals surface area contributed by atoms with E-state index in [-0.39, 0.29) is 0 Å². The van der Waals surface area contributed by atoms with Crippen LogP contribution in [0.1, 0.15) is 12.6 Å². The van der Waals surface area contributed by atoms with Gasteiger partial charge in [-0.1, -0.05) is 48.9 Å². The summed E-state index contributed by atoms with van der Waals surface area (Å²) in [5.41, 5.74) is 2.00. The first-order valence-electron chi connectivity index (χ1n) is 4.99. The number of hydrogen-bond acceptors (Lipinski definition) is 2. The van der Waals surface area contributed by atoms with Crippen molar-refractivity contribution in [2.75, 3.05) is 0 Å². The predicted octanol–water partition coefficient (Wildman–Crippen LogP) is 3.96. The Balaban J connectivity index is 2.55. The van der Waals surface area contributed by atoms with E-state index in [2.05, 4.69) is 39.5 Å². The molecule has 0 aliphatic carbocycles. The zero-order valence-electron chi connectivity index (χ0n) is 8.74. The van der Waals surface area contributed by atoms with Gasteiger partial charge in [0.15, 0.2) is 5.82 Å². The van der Waals surface area contributed by atoms with Crippen LogP contribution in [-0.4, -0.2) is 9.97 Å². The second-order valence-corrected chi connectivity index (χ2v) is 4.76. The Morgan fingerprint density at radius 2 is 1.88 bits per heavy atom. The van der Waals surface area contributed by atoms with Gasteiger partial charge in [0.25, 0.3) is 0 Å². The summed E-state index contributed by atoms with van der Waals surface area (Å²) in [7, 11) is 0. The number of benzene rings is 1. The van der Waals surface area contributed by atoms with Crippen molar-refractivity contribution in [3.63, 3.8) is 0 Å². The third kappa shape index (κ3) is 2.35. The second kappa shape index (κ2) is 5.10. The first kappa shape index (κ1) is 11.8. The standard InChI is InChI=1S/C12H10ClIN2/c1-2-9-10(14)11(13)16-12(15-9)8-6-4-3-5-7-8/h3-7H,2H2,1H3. The van der Waals surface area contributed by atoms with Crippen LogP contribution in [0.2, 0.25) is 5.15 Å². The van der Waals surface area contributed by atoms with Crippen LogP contribution in [0.4, 0.5) is 0 Å². The molecule has 0 saturated heterocycles. The molecule has 0 radical (unpaired) electrons. The summed E-state index contributed by atoms with van der Waals surface area (Å²) in [6.45, 7) is 2.07. The third-order valence-electron chi connectivity index (χ3n) is 2.25. The van der Waals surface area contributed by atoms with Crippen LogP contribution in [0, 0.1) is 3.57 Å². The molecule has 4 heteroatoms. The zero-order valence-corrected chi connectivity index (χ0v) is 11.7. The number of aryl methyl sites for hydroxylation is 1. The molecular weight excluding hydrogens is 335 g/mol. The van der Waals surface area contributed by atoms with Crippen molar-refractivity contribution >= 4 is 34.2 Å². The molecule has 2 rings (SSSR count). The number of aromatic nitrogens is 2. The molecule has 1 aromatic heterocycles. The van der Waals surface area contributed by atoms with Gasteiger partial charge >= 0.3 is 0 Å². The molecule has 0 unspecified atom stereocenters. The highest BCUT2D eigenvalue weighted by Crippen LogP contribution is 2.23. The van der Waals surface area contributed by atoms with Crippen LogP contribution in [0.3, 0.4) is 0 Å². The lowest BCUT2D eigenvalue weighted by molar-refractivity contribution is 0.989. The molecule has 2 nitrogen and oxygen atoms in total. The van der Waals surface area contributed by atoms with Crippen molar-refractivity contribution in [3.8, 4) is 11.4 Å². The van der Waals surface area contributed by atoms with Crippen molar-refractivity contribution in [2.45, 2.75) is 13.3 Å². The van der Waals surface area contributed by atoms with Crippen LogP contribution in [0.25, 0.3) is 11.4 Å². The number of rotatable bonds is 2. The maximum atomic E-state index is 6.09. The van der Waals surface area contributed by atoms with E-state index in [9.17, 15) is 0 Å². The fourth-order valence-corrected chi connectivity index (χ4v) is 2.23. The molecular formula is C12H10ClIN2. The van der Waals surface area contributed by atoms with Crippen molar-refractivity contribution < 1.29 is 0 Å². The van der Waals surface area contributed by atoms with Crippen molar-refractivity contribution in [1.82, 2.24) is 9.97 Å². The average molecular weight is 345 g/mol. The van der Waals surface area contributed by atoms with E-state index in [1.807, 2.05) is 30.3 Å². The fraction of sp³-hybridized carbons (Fsp3) is 0.167. The van der Waals surface area contributed by atoms with Gasteiger partial charge < -0.3 is 0 Å². The van der Waals surface area contributed by atoms with Gasteiger partial charge in [-0.25, -0.2) is 9.97 Å². The Hall–Kier alpha value is -0.680. The summed E-state index contributed by atoms with van der Waals surface area (Å²) in [6.07, 6.45) is 0.861. The van der Waals surface area contributed by atoms with E-state index in [1.54, 1.807) is 0 Å². The highest BCUT2D eigenvalue weighted by molar-refractivity contribution is 14.1. The second-order valence-electron chi connectivity index (χ2n) is 3.32. The van der Waals surface area contributed by atoms with Gasteiger partial charge in [0.05, 0.1) is 9.26 Å². The lowest BCUT2D eigenvalue weighted by Crippen LogP contribution is -1.99. The number of hydrogen-bond donors (Lipinski definition) is 0. The van der Waals surface area contributed by atoms with E-state index in [0.717, 1.165) is 21.2 Å². The van der Waals surface area contributed by atoms with Crippen LogP contribution in [0.15, 0.2) is 30.3 Å². The Bertz CT molecular complexity index is 500. The van der Waals surface area contributed by atoms with Gasteiger partial charge in [-0.2, -0.15) is 0 Å². The predicted molar refractivity (Wildman–Crippen MR) is 74.6 cm³/mol. The van der Waals surface area contributed by atoms with Crippen molar-refractivity contribution in [2.24, 2.45) is 0 Å². The monoisotopic (exact) mass is 344 g/mol. The molecule has 16 heavy (non-hydrogen) atoms. The molecule has 2 aromatic rings. The summed E-state index contributed by atoms with van der Waals surface area (Å²) in [5.74, 6) is 0.697. The topological polar surface area (TPSA) is 25.8 Å². The summed E-state index contributed by atoms with van der Waals surface area (Å²) in [6, 6.07) is 9.88. The van der Waals surface area contributed by atoms with Crippen LogP contribution >= 0.6 is 34.2 Å². The Morgan fingerprint density at radius 1 is 1.19 bits per heavy atom. The van der Waals surface area contributed by atoms with Gasteiger partial charge in [-0.3, -0.25) is 0 Å². The van der Waals surface area contributed by atoms with Crippen LogP contribution in [-0.2, 0) is 6.42 Å². The normalized spacial score (nSPS) is 10.4. The maximum absolute atomic E-state index is 6.09. The van der Waals surface area contributed by atoms with E-state index < -0.39 is 0 Å².